The zero-order chi connectivity index (χ0) is 14.0. The van der Waals surface area contributed by atoms with Crippen LogP contribution in [0.3, 0.4) is 0 Å². The van der Waals surface area contributed by atoms with Crippen LogP contribution >= 0.6 is 11.6 Å². The van der Waals surface area contributed by atoms with Crippen LogP contribution in [0.4, 0.5) is 10.2 Å². The van der Waals surface area contributed by atoms with Crippen LogP contribution in [0.15, 0.2) is 24.4 Å². The normalized spacial score (nSPS) is 10.0. The third-order valence-electron chi connectivity index (χ3n) is 2.49. The minimum atomic E-state index is -0.681. The molecule has 96 valence electrons. The number of amides is 1. The van der Waals surface area contributed by atoms with Gasteiger partial charge in [-0.25, -0.2) is 4.39 Å². The van der Waals surface area contributed by atoms with Crippen LogP contribution in [0, 0.1) is 17.1 Å². The minimum Gasteiger partial charge on any atom is -0.306 e. The molecule has 0 saturated carbocycles. The Balaban J connectivity index is 2.34. The van der Waals surface area contributed by atoms with Crippen LogP contribution in [-0.2, 0) is 7.05 Å². The van der Waals surface area contributed by atoms with Gasteiger partial charge >= 0.3 is 0 Å². The quantitative estimate of drug-likeness (QED) is 0.916. The van der Waals surface area contributed by atoms with Crippen LogP contribution in [0.2, 0.25) is 5.02 Å². The number of halogens is 2. The lowest BCUT2D eigenvalue weighted by Gasteiger charge is -2.07. The van der Waals surface area contributed by atoms with Gasteiger partial charge in [0.15, 0.2) is 0 Å². The average molecular weight is 279 g/mol. The maximum absolute atomic E-state index is 13.3. The highest BCUT2D eigenvalue weighted by Crippen LogP contribution is 2.21. The number of rotatable bonds is 2. The standard InChI is InChI=1S/C12H8ClFN4O/c1-18-11(7(5-15)6-16-18)17-12(19)8-3-2-4-9(14)10(8)13/h2-4,6H,1H3,(H,17,19). The third-order valence-corrected chi connectivity index (χ3v) is 2.87. The molecule has 1 heterocycles. The molecule has 2 aromatic rings. The average Bonchev–Trinajstić information content (AvgIpc) is 2.74. The summed E-state index contributed by atoms with van der Waals surface area (Å²) in [7, 11) is 1.57. The number of aryl methyl sites for hydroxylation is 1. The number of carbonyl (C=O) groups excluding carboxylic acids is 1. The first-order valence-electron chi connectivity index (χ1n) is 5.22. The lowest BCUT2D eigenvalue weighted by atomic mass is 10.2. The molecule has 1 aromatic carbocycles. The van der Waals surface area contributed by atoms with Crippen LogP contribution in [0.25, 0.3) is 0 Å². The number of aromatic nitrogens is 2. The van der Waals surface area contributed by atoms with E-state index in [4.69, 9.17) is 16.9 Å². The number of nitriles is 1. The molecule has 0 aliphatic carbocycles. The molecule has 2 rings (SSSR count). The number of carbonyl (C=O) groups is 1. The summed E-state index contributed by atoms with van der Waals surface area (Å²) < 4.78 is 14.6. The second-order valence-electron chi connectivity index (χ2n) is 3.70. The fourth-order valence-electron chi connectivity index (χ4n) is 1.52. The summed E-state index contributed by atoms with van der Waals surface area (Å²) in [6.45, 7) is 0. The molecule has 0 aliphatic heterocycles. The van der Waals surface area contributed by atoms with Crippen molar-refractivity contribution in [3.63, 3.8) is 0 Å². The van der Waals surface area contributed by atoms with Gasteiger partial charge in [-0.15, -0.1) is 0 Å². The highest BCUT2D eigenvalue weighted by Gasteiger charge is 2.17. The van der Waals surface area contributed by atoms with E-state index in [1.807, 2.05) is 6.07 Å². The highest BCUT2D eigenvalue weighted by atomic mass is 35.5. The minimum absolute atomic E-state index is 0.00763. The Kier molecular flexibility index (Phi) is 3.49. The zero-order valence-electron chi connectivity index (χ0n) is 9.82. The summed E-state index contributed by atoms with van der Waals surface area (Å²) in [5.41, 5.74) is 0.204. The topological polar surface area (TPSA) is 70.7 Å². The molecule has 0 spiro atoms. The Morgan fingerprint density at radius 1 is 1.58 bits per heavy atom. The number of benzene rings is 1. The Hall–Kier alpha value is -2.39. The zero-order valence-corrected chi connectivity index (χ0v) is 10.6. The molecule has 1 aromatic heterocycles. The molecule has 0 bridgehead atoms. The van der Waals surface area contributed by atoms with E-state index in [0.29, 0.717) is 0 Å². The van der Waals surface area contributed by atoms with E-state index < -0.39 is 11.7 Å². The van der Waals surface area contributed by atoms with Crippen molar-refractivity contribution in [2.45, 2.75) is 0 Å². The fourth-order valence-corrected chi connectivity index (χ4v) is 1.73. The second-order valence-corrected chi connectivity index (χ2v) is 4.08. The van der Waals surface area contributed by atoms with Crippen molar-refractivity contribution in [2.24, 2.45) is 7.05 Å². The molecule has 0 unspecified atom stereocenters. The molecule has 7 heteroatoms. The maximum Gasteiger partial charge on any atom is 0.258 e. The second kappa shape index (κ2) is 5.08. The number of anilines is 1. The summed E-state index contributed by atoms with van der Waals surface area (Å²) in [4.78, 5) is 12.0. The van der Waals surface area contributed by atoms with Crippen molar-refractivity contribution in [2.75, 3.05) is 5.32 Å². The highest BCUT2D eigenvalue weighted by molar-refractivity contribution is 6.34. The third kappa shape index (κ3) is 2.41. The van der Waals surface area contributed by atoms with Gasteiger partial charge in [-0.2, -0.15) is 10.4 Å². The van der Waals surface area contributed by atoms with Gasteiger partial charge in [-0.3, -0.25) is 9.48 Å². The van der Waals surface area contributed by atoms with E-state index in [0.717, 1.165) is 6.07 Å². The molecule has 5 nitrogen and oxygen atoms in total. The molecule has 0 saturated heterocycles. The lowest BCUT2D eigenvalue weighted by molar-refractivity contribution is 0.102. The largest absolute Gasteiger partial charge is 0.306 e. The van der Waals surface area contributed by atoms with E-state index >= 15 is 0 Å². The van der Waals surface area contributed by atoms with Gasteiger partial charge in [0.25, 0.3) is 5.91 Å². The SMILES string of the molecule is Cn1ncc(C#N)c1NC(=O)c1cccc(F)c1Cl. The molecule has 0 aliphatic rings. The van der Waals surface area contributed by atoms with E-state index in [1.165, 1.54) is 23.0 Å². The summed E-state index contributed by atoms with van der Waals surface area (Å²) in [5, 5.41) is 14.9. The van der Waals surface area contributed by atoms with E-state index in [-0.39, 0.29) is 22.0 Å². The summed E-state index contributed by atoms with van der Waals surface area (Å²) in [6.07, 6.45) is 1.32. The van der Waals surface area contributed by atoms with Gasteiger partial charge in [-0.1, -0.05) is 17.7 Å². The Morgan fingerprint density at radius 3 is 3.00 bits per heavy atom. The molecule has 0 radical (unpaired) electrons. The molecular formula is C12H8ClFN4O. The van der Waals surface area contributed by atoms with Gasteiger partial charge in [0.1, 0.15) is 23.3 Å². The van der Waals surface area contributed by atoms with Gasteiger partial charge in [0, 0.05) is 7.05 Å². The number of nitrogens with zero attached hydrogens (tertiary/aromatic N) is 3. The predicted octanol–water partition coefficient (Wildman–Crippen LogP) is 2.34. The smallest absolute Gasteiger partial charge is 0.258 e. The molecular weight excluding hydrogens is 271 g/mol. The molecule has 1 N–H and O–H groups in total. The summed E-state index contributed by atoms with van der Waals surface area (Å²) in [5.74, 6) is -1.06. The Morgan fingerprint density at radius 2 is 2.32 bits per heavy atom. The van der Waals surface area contributed by atoms with E-state index in [9.17, 15) is 9.18 Å². The fraction of sp³-hybridized carbons (Fsp3) is 0.0833. The first kappa shape index (κ1) is 13.1. The Labute approximate surface area is 113 Å². The van der Waals surface area contributed by atoms with Gasteiger partial charge < -0.3 is 5.32 Å². The predicted molar refractivity (Wildman–Crippen MR) is 67.3 cm³/mol. The maximum atomic E-state index is 13.3. The number of hydrogen-bond donors (Lipinski definition) is 1. The first-order chi connectivity index (χ1) is 9.04. The van der Waals surface area contributed by atoms with Crippen LogP contribution < -0.4 is 5.32 Å². The molecule has 1 amide bonds. The monoisotopic (exact) mass is 278 g/mol. The van der Waals surface area contributed by atoms with Crippen molar-refractivity contribution in [1.82, 2.24) is 9.78 Å². The van der Waals surface area contributed by atoms with Gasteiger partial charge in [0.05, 0.1) is 16.8 Å². The number of nitrogens with one attached hydrogen (secondary N) is 1. The van der Waals surface area contributed by atoms with Crippen molar-refractivity contribution >= 4 is 23.3 Å². The van der Waals surface area contributed by atoms with E-state index in [2.05, 4.69) is 10.4 Å². The van der Waals surface area contributed by atoms with Crippen molar-refractivity contribution in [3.05, 3.63) is 46.4 Å². The van der Waals surface area contributed by atoms with Crippen LogP contribution in [-0.4, -0.2) is 15.7 Å². The molecule has 0 atom stereocenters. The molecule has 19 heavy (non-hydrogen) atoms. The van der Waals surface area contributed by atoms with Gasteiger partial charge in [-0.05, 0) is 12.1 Å². The van der Waals surface area contributed by atoms with Gasteiger partial charge in [0.2, 0.25) is 0 Å². The lowest BCUT2D eigenvalue weighted by Crippen LogP contribution is -2.16. The van der Waals surface area contributed by atoms with Crippen molar-refractivity contribution < 1.29 is 9.18 Å². The Bertz CT molecular complexity index is 690. The number of hydrogen-bond acceptors (Lipinski definition) is 3. The first-order valence-corrected chi connectivity index (χ1v) is 5.60. The van der Waals surface area contributed by atoms with Crippen molar-refractivity contribution in [1.29, 1.82) is 5.26 Å². The summed E-state index contributed by atoms with van der Waals surface area (Å²) >= 11 is 5.72. The molecule has 0 fully saturated rings. The summed E-state index contributed by atoms with van der Waals surface area (Å²) in [6, 6.07) is 5.82. The van der Waals surface area contributed by atoms with Crippen LogP contribution in [0.5, 0.6) is 0 Å². The van der Waals surface area contributed by atoms with Crippen LogP contribution in [0.1, 0.15) is 15.9 Å². The van der Waals surface area contributed by atoms with Crippen molar-refractivity contribution in [3.8, 4) is 6.07 Å². The van der Waals surface area contributed by atoms with E-state index in [1.54, 1.807) is 7.05 Å².